The highest BCUT2D eigenvalue weighted by Gasteiger charge is 2.23. The second-order valence-electron chi connectivity index (χ2n) is 3.12. The number of rotatable bonds is 4. The third kappa shape index (κ3) is 2.82. The van der Waals surface area contributed by atoms with Crippen molar-refractivity contribution in [2.75, 3.05) is 6.61 Å². The summed E-state index contributed by atoms with van der Waals surface area (Å²) < 4.78 is 0. The molecular weight excluding hydrogens is 114 g/mol. The van der Waals surface area contributed by atoms with Gasteiger partial charge in [-0.15, -0.1) is 0 Å². The molecule has 9 heavy (non-hydrogen) atoms. The van der Waals surface area contributed by atoms with Crippen molar-refractivity contribution in [1.29, 1.82) is 0 Å². The Morgan fingerprint density at radius 2 is 2.33 bits per heavy atom. The fourth-order valence-corrected chi connectivity index (χ4v) is 1.15. The summed E-state index contributed by atoms with van der Waals surface area (Å²) in [5, 5.41) is 0. The highest BCUT2D eigenvalue weighted by molar-refractivity contribution is 4.74. The topological polar surface area (TPSA) is 35.2 Å². The molecule has 1 atom stereocenters. The average molecular weight is 129 g/mol. The van der Waals surface area contributed by atoms with Gasteiger partial charge in [0.25, 0.3) is 0 Å². The zero-order valence-corrected chi connectivity index (χ0v) is 5.97. The van der Waals surface area contributed by atoms with Crippen LogP contribution in [0.25, 0.3) is 0 Å². The van der Waals surface area contributed by atoms with Gasteiger partial charge in [-0.25, -0.2) is 5.90 Å². The molecular formula is C7H15NO. The number of hydrogen-bond acceptors (Lipinski definition) is 2. The minimum absolute atomic E-state index is 0.655. The van der Waals surface area contributed by atoms with Crippen molar-refractivity contribution in [3.8, 4) is 0 Å². The van der Waals surface area contributed by atoms with Crippen LogP contribution < -0.4 is 5.90 Å². The molecule has 0 amide bonds. The molecule has 1 aliphatic carbocycles. The summed E-state index contributed by atoms with van der Waals surface area (Å²) in [6, 6.07) is 0. The van der Waals surface area contributed by atoms with Gasteiger partial charge < -0.3 is 4.84 Å². The second kappa shape index (κ2) is 3.18. The summed E-state index contributed by atoms with van der Waals surface area (Å²) in [5.41, 5.74) is 0. The summed E-state index contributed by atoms with van der Waals surface area (Å²) in [6.45, 7) is 2.90. The van der Waals surface area contributed by atoms with E-state index in [1.165, 1.54) is 19.3 Å². The quantitative estimate of drug-likeness (QED) is 0.581. The van der Waals surface area contributed by atoms with Crippen LogP contribution in [0, 0.1) is 11.8 Å². The molecule has 0 aliphatic heterocycles. The van der Waals surface area contributed by atoms with Gasteiger partial charge in [0.15, 0.2) is 0 Å². The van der Waals surface area contributed by atoms with E-state index in [2.05, 4.69) is 11.8 Å². The van der Waals surface area contributed by atoms with E-state index in [0.717, 1.165) is 12.5 Å². The molecule has 0 saturated heterocycles. The van der Waals surface area contributed by atoms with E-state index in [1.807, 2.05) is 0 Å². The van der Waals surface area contributed by atoms with E-state index < -0.39 is 0 Å². The van der Waals surface area contributed by atoms with Gasteiger partial charge in [-0.3, -0.25) is 0 Å². The Kier molecular flexibility index (Phi) is 2.49. The van der Waals surface area contributed by atoms with Crippen LogP contribution in [0.1, 0.15) is 26.2 Å². The zero-order valence-electron chi connectivity index (χ0n) is 5.97. The van der Waals surface area contributed by atoms with Crippen LogP contribution in [0.2, 0.25) is 0 Å². The summed E-state index contributed by atoms with van der Waals surface area (Å²) >= 11 is 0. The minimum Gasteiger partial charge on any atom is -0.304 e. The highest BCUT2D eigenvalue weighted by atomic mass is 16.6. The SMILES string of the molecule is CC(CON)CC1CC1. The fourth-order valence-electron chi connectivity index (χ4n) is 1.15. The monoisotopic (exact) mass is 129 g/mol. The standard InChI is InChI=1S/C7H15NO/c1-6(5-9-8)4-7-2-3-7/h6-7H,2-5,8H2,1H3. The van der Waals surface area contributed by atoms with Gasteiger partial charge >= 0.3 is 0 Å². The van der Waals surface area contributed by atoms with Crippen molar-refractivity contribution in [2.45, 2.75) is 26.2 Å². The van der Waals surface area contributed by atoms with Crippen LogP contribution in [-0.2, 0) is 4.84 Å². The van der Waals surface area contributed by atoms with Gasteiger partial charge in [0, 0.05) is 0 Å². The maximum Gasteiger partial charge on any atom is 0.0704 e. The summed E-state index contributed by atoms with van der Waals surface area (Å²) in [5.74, 6) is 6.58. The van der Waals surface area contributed by atoms with Gasteiger partial charge in [0.05, 0.1) is 6.61 Å². The van der Waals surface area contributed by atoms with Gasteiger partial charge in [0.1, 0.15) is 0 Å². The number of nitrogens with two attached hydrogens (primary N) is 1. The molecule has 2 N–H and O–H groups in total. The Hall–Kier alpha value is -0.0800. The summed E-state index contributed by atoms with van der Waals surface area (Å²) in [6.07, 6.45) is 4.15. The molecule has 1 aliphatic rings. The zero-order chi connectivity index (χ0) is 6.69. The Morgan fingerprint density at radius 3 is 2.78 bits per heavy atom. The van der Waals surface area contributed by atoms with Gasteiger partial charge in [-0.1, -0.05) is 19.8 Å². The van der Waals surface area contributed by atoms with Crippen molar-refractivity contribution in [3.63, 3.8) is 0 Å². The summed E-state index contributed by atoms with van der Waals surface area (Å²) in [7, 11) is 0. The molecule has 0 heterocycles. The fraction of sp³-hybridized carbons (Fsp3) is 1.00. The first-order chi connectivity index (χ1) is 4.33. The Labute approximate surface area is 56.3 Å². The van der Waals surface area contributed by atoms with E-state index >= 15 is 0 Å². The van der Waals surface area contributed by atoms with Crippen molar-refractivity contribution in [2.24, 2.45) is 17.7 Å². The van der Waals surface area contributed by atoms with E-state index in [1.54, 1.807) is 0 Å². The molecule has 1 unspecified atom stereocenters. The molecule has 2 heteroatoms. The molecule has 0 aromatic heterocycles. The lowest BCUT2D eigenvalue weighted by Gasteiger charge is -2.06. The first-order valence-electron chi connectivity index (χ1n) is 3.64. The molecule has 0 aromatic rings. The lowest BCUT2D eigenvalue weighted by molar-refractivity contribution is 0.102. The summed E-state index contributed by atoms with van der Waals surface area (Å²) in [4.78, 5) is 4.53. The maximum absolute atomic E-state index is 4.93. The van der Waals surface area contributed by atoms with Crippen LogP contribution in [0.5, 0.6) is 0 Å². The molecule has 0 aromatic carbocycles. The van der Waals surface area contributed by atoms with Gasteiger partial charge in [-0.05, 0) is 18.3 Å². The van der Waals surface area contributed by atoms with Crippen molar-refractivity contribution in [3.05, 3.63) is 0 Å². The maximum atomic E-state index is 4.93. The molecule has 2 nitrogen and oxygen atoms in total. The lowest BCUT2D eigenvalue weighted by atomic mass is 10.1. The normalized spacial score (nSPS) is 22.0. The molecule has 1 saturated carbocycles. The Balaban J connectivity index is 1.95. The van der Waals surface area contributed by atoms with E-state index in [0.29, 0.717) is 5.92 Å². The van der Waals surface area contributed by atoms with E-state index in [4.69, 9.17) is 5.90 Å². The predicted molar refractivity (Wildman–Crippen MR) is 36.6 cm³/mol. The Bertz CT molecular complexity index is 81.0. The van der Waals surface area contributed by atoms with Crippen molar-refractivity contribution >= 4 is 0 Å². The first-order valence-corrected chi connectivity index (χ1v) is 3.64. The van der Waals surface area contributed by atoms with E-state index in [-0.39, 0.29) is 0 Å². The van der Waals surface area contributed by atoms with Crippen LogP contribution in [-0.4, -0.2) is 6.61 Å². The molecule has 1 fully saturated rings. The predicted octanol–water partition coefficient (Wildman–Crippen LogP) is 1.31. The third-order valence-corrected chi connectivity index (χ3v) is 1.81. The number of hydrogen-bond donors (Lipinski definition) is 1. The highest BCUT2D eigenvalue weighted by Crippen LogP contribution is 2.35. The van der Waals surface area contributed by atoms with Crippen molar-refractivity contribution < 1.29 is 4.84 Å². The van der Waals surface area contributed by atoms with Gasteiger partial charge in [-0.2, -0.15) is 0 Å². The minimum atomic E-state index is 0.655. The molecule has 54 valence electrons. The lowest BCUT2D eigenvalue weighted by Crippen LogP contribution is -2.10. The third-order valence-electron chi connectivity index (χ3n) is 1.81. The van der Waals surface area contributed by atoms with Crippen LogP contribution in [0.15, 0.2) is 0 Å². The molecule has 1 rings (SSSR count). The van der Waals surface area contributed by atoms with Crippen LogP contribution in [0.3, 0.4) is 0 Å². The molecule has 0 radical (unpaired) electrons. The van der Waals surface area contributed by atoms with Gasteiger partial charge in [0.2, 0.25) is 0 Å². The molecule has 0 spiro atoms. The molecule has 0 bridgehead atoms. The smallest absolute Gasteiger partial charge is 0.0704 e. The van der Waals surface area contributed by atoms with Crippen LogP contribution >= 0.6 is 0 Å². The van der Waals surface area contributed by atoms with Crippen molar-refractivity contribution in [1.82, 2.24) is 0 Å². The second-order valence-corrected chi connectivity index (χ2v) is 3.12. The average Bonchev–Trinajstić information content (AvgIpc) is 2.50. The first kappa shape index (κ1) is 7.03. The van der Waals surface area contributed by atoms with Crippen LogP contribution in [0.4, 0.5) is 0 Å². The Morgan fingerprint density at radius 1 is 1.67 bits per heavy atom. The van der Waals surface area contributed by atoms with E-state index in [9.17, 15) is 0 Å². The largest absolute Gasteiger partial charge is 0.304 e.